The van der Waals surface area contributed by atoms with Gasteiger partial charge < -0.3 is 4.90 Å². The Balaban J connectivity index is 1.92. The molecule has 0 atom stereocenters. The molecular formula is C25H20Cl2N2O2. The molecule has 6 heteroatoms. The van der Waals surface area contributed by atoms with Crippen molar-refractivity contribution in [2.24, 2.45) is 0 Å². The smallest absolute Gasteiger partial charge is 0.282 e. The first-order valence-electron chi connectivity index (χ1n) is 9.74. The van der Waals surface area contributed by atoms with Crippen molar-refractivity contribution in [1.82, 2.24) is 0 Å². The molecular weight excluding hydrogens is 431 g/mol. The summed E-state index contributed by atoms with van der Waals surface area (Å²) in [6.45, 7) is 3.93. The highest BCUT2D eigenvalue weighted by Gasteiger charge is 2.42. The molecule has 156 valence electrons. The van der Waals surface area contributed by atoms with Crippen molar-refractivity contribution >= 4 is 52.0 Å². The molecule has 1 aliphatic rings. The summed E-state index contributed by atoms with van der Waals surface area (Å²) < 4.78 is 0. The molecule has 0 aromatic heterocycles. The minimum atomic E-state index is -0.421. The third-order valence-electron chi connectivity index (χ3n) is 5.49. The summed E-state index contributed by atoms with van der Waals surface area (Å²) in [5.41, 5.74) is 4.36. The molecule has 0 radical (unpaired) electrons. The molecule has 0 aliphatic carbocycles. The van der Waals surface area contributed by atoms with Crippen LogP contribution in [0, 0.1) is 13.8 Å². The number of carbonyl (C=O) groups is 2. The molecule has 0 saturated carbocycles. The molecule has 0 saturated heterocycles. The maximum absolute atomic E-state index is 13.6. The van der Waals surface area contributed by atoms with E-state index in [0.29, 0.717) is 21.3 Å². The first-order chi connectivity index (χ1) is 14.8. The number of hydrogen-bond acceptors (Lipinski definition) is 3. The number of aryl methyl sites for hydroxylation is 2. The number of imide groups is 1. The summed E-state index contributed by atoms with van der Waals surface area (Å²) >= 11 is 12.5. The van der Waals surface area contributed by atoms with E-state index in [0.717, 1.165) is 16.8 Å². The molecule has 3 aromatic carbocycles. The van der Waals surface area contributed by atoms with Crippen molar-refractivity contribution in [3.8, 4) is 0 Å². The van der Waals surface area contributed by atoms with Crippen LogP contribution < -0.4 is 9.80 Å². The van der Waals surface area contributed by atoms with Gasteiger partial charge in [-0.25, -0.2) is 4.90 Å². The van der Waals surface area contributed by atoms with Crippen molar-refractivity contribution in [3.05, 3.63) is 99.2 Å². The van der Waals surface area contributed by atoms with Gasteiger partial charge >= 0.3 is 0 Å². The Hall–Kier alpha value is -3.08. The zero-order valence-electron chi connectivity index (χ0n) is 17.3. The van der Waals surface area contributed by atoms with Gasteiger partial charge in [-0.05, 0) is 61.4 Å². The number of nitrogens with zero attached hydrogens (tertiary/aromatic N) is 2. The molecule has 2 amide bonds. The van der Waals surface area contributed by atoms with E-state index in [2.05, 4.69) is 0 Å². The normalized spacial score (nSPS) is 13.9. The van der Waals surface area contributed by atoms with Crippen LogP contribution in [0.25, 0.3) is 5.57 Å². The highest BCUT2D eigenvalue weighted by Crippen LogP contribution is 2.39. The Labute approximate surface area is 191 Å². The molecule has 0 unspecified atom stereocenters. The number of carbonyl (C=O) groups excluding carboxylic acids is 2. The summed E-state index contributed by atoms with van der Waals surface area (Å²) in [5, 5.41) is 0.764. The predicted molar refractivity (Wildman–Crippen MR) is 127 cm³/mol. The molecule has 0 bridgehead atoms. The van der Waals surface area contributed by atoms with Gasteiger partial charge in [0.1, 0.15) is 5.70 Å². The lowest BCUT2D eigenvalue weighted by molar-refractivity contribution is -0.120. The van der Waals surface area contributed by atoms with E-state index in [1.807, 2.05) is 56.3 Å². The van der Waals surface area contributed by atoms with E-state index < -0.39 is 11.8 Å². The monoisotopic (exact) mass is 450 g/mol. The Morgan fingerprint density at radius 2 is 1.52 bits per heavy atom. The summed E-state index contributed by atoms with van der Waals surface area (Å²) in [6.07, 6.45) is 0. The van der Waals surface area contributed by atoms with Gasteiger partial charge in [-0.15, -0.1) is 0 Å². The summed E-state index contributed by atoms with van der Waals surface area (Å²) in [4.78, 5) is 30.2. The van der Waals surface area contributed by atoms with E-state index in [9.17, 15) is 9.59 Å². The van der Waals surface area contributed by atoms with E-state index >= 15 is 0 Å². The molecule has 3 aromatic rings. The van der Waals surface area contributed by atoms with Crippen molar-refractivity contribution in [3.63, 3.8) is 0 Å². The van der Waals surface area contributed by atoms with Crippen molar-refractivity contribution < 1.29 is 9.59 Å². The molecule has 0 spiro atoms. The van der Waals surface area contributed by atoms with Gasteiger partial charge in [0.15, 0.2) is 0 Å². The van der Waals surface area contributed by atoms with Crippen LogP contribution in [-0.4, -0.2) is 18.9 Å². The SMILES string of the molecule is Cc1ccc(N2C(=O)C(c3ccc(Cl)cc3Cl)=C(N(C)c3ccccc3)C2=O)cc1C. The lowest BCUT2D eigenvalue weighted by atomic mass is 10.0. The lowest BCUT2D eigenvalue weighted by Gasteiger charge is -2.22. The number of likely N-dealkylation sites (N-methyl/N-ethyl adjacent to an activating group) is 1. The topological polar surface area (TPSA) is 40.6 Å². The van der Waals surface area contributed by atoms with Gasteiger partial charge in [-0.3, -0.25) is 9.59 Å². The van der Waals surface area contributed by atoms with Crippen molar-refractivity contribution in [2.75, 3.05) is 16.8 Å². The second-order valence-corrected chi connectivity index (χ2v) is 8.30. The van der Waals surface area contributed by atoms with Crippen LogP contribution in [0.2, 0.25) is 10.0 Å². The summed E-state index contributed by atoms with van der Waals surface area (Å²) in [7, 11) is 1.77. The van der Waals surface area contributed by atoms with Crippen LogP contribution in [0.1, 0.15) is 16.7 Å². The number of anilines is 2. The third kappa shape index (κ3) is 3.73. The quantitative estimate of drug-likeness (QED) is 0.455. The number of para-hydroxylation sites is 1. The van der Waals surface area contributed by atoms with Crippen molar-refractivity contribution in [2.45, 2.75) is 13.8 Å². The number of benzene rings is 3. The Bertz CT molecular complexity index is 1240. The average Bonchev–Trinajstić information content (AvgIpc) is 3.00. The van der Waals surface area contributed by atoms with E-state index in [1.165, 1.54) is 4.90 Å². The average molecular weight is 451 g/mol. The van der Waals surface area contributed by atoms with Gasteiger partial charge in [-0.2, -0.15) is 0 Å². The van der Waals surface area contributed by atoms with Crippen LogP contribution in [0.15, 0.2) is 72.4 Å². The van der Waals surface area contributed by atoms with E-state index in [-0.39, 0.29) is 11.3 Å². The number of halogens is 2. The Morgan fingerprint density at radius 3 is 2.16 bits per heavy atom. The number of amides is 2. The summed E-state index contributed by atoms with van der Waals surface area (Å²) in [5.74, 6) is -0.823. The van der Waals surface area contributed by atoms with Gasteiger partial charge in [0.2, 0.25) is 0 Å². The maximum Gasteiger partial charge on any atom is 0.282 e. The fraction of sp³-hybridized carbons (Fsp3) is 0.120. The zero-order valence-corrected chi connectivity index (χ0v) is 18.8. The number of rotatable bonds is 4. The lowest BCUT2D eigenvalue weighted by Crippen LogP contribution is -2.34. The van der Waals surface area contributed by atoms with Gasteiger partial charge in [0.05, 0.1) is 16.3 Å². The third-order valence-corrected chi connectivity index (χ3v) is 6.04. The highest BCUT2D eigenvalue weighted by atomic mass is 35.5. The molecule has 31 heavy (non-hydrogen) atoms. The maximum atomic E-state index is 13.6. The largest absolute Gasteiger partial charge is 0.339 e. The first-order valence-corrected chi connectivity index (χ1v) is 10.5. The summed E-state index contributed by atoms with van der Waals surface area (Å²) in [6, 6.07) is 19.8. The molecule has 4 nitrogen and oxygen atoms in total. The molecule has 4 rings (SSSR count). The standard InChI is InChI=1S/C25H20Cl2N2O2/c1-15-9-11-19(13-16(15)2)29-24(30)22(20-12-10-17(26)14-21(20)27)23(25(29)31)28(3)18-7-5-4-6-8-18/h4-14H,1-3H3. The number of hydrogen-bond donors (Lipinski definition) is 0. The minimum Gasteiger partial charge on any atom is -0.339 e. The van der Waals surface area contributed by atoms with Crippen LogP contribution >= 0.6 is 23.2 Å². The van der Waals surface area contributed by atoms with Crippen LogP contribution in [-0.2, 0) is 9.59 Å². The van der Waals surface area contributed by atoms with Gasteiger partial charge in [-0.1, -0.05) is 53.5 Å². The second kappa shape index (κ2) is 8.22. The fourth-order valence-corrected chi connectivity index (χ4v) is 4.15. The molecule has 0 fully saturated rings. The zero-order chi connectivity index (χ0) is 22.3. The van der Waals surface area contributed by atoms with Crippen LogP contribution in [0.4, 0.5) is 11.4 Å². The minimum absolute atomic E-state index is 0.247. The van der Waals surface area contributed by atoms with Crippen molar-refractivity contribution in [1.29, 1.82) is 0 Å². The van der Waals surface area contributed by atoms with Gasteiger partial charge in [0, 0.05) is 23.3 Å². The van der Waals surface area contributed by atoms with E-state index in [4.69, 9.17) is 23.2 Å². The molecule has 1 aliphatic heterocycles. The predicted octanol–water partition coefficient (Wildman–Crippen LogP) is 6.03. The Morgan fingerprint density at radius 1 is 0.806 bits per heavy atom. The fourth-order valence-electron chi connectivity index (χ4n) is 3.64. The highest BCUT2D eigenvalue weighted by molar-refractivity contribution is 6.48. The van der Waals surface area contributed by atoms with Crippen LogP contribution in [0.3, 0.4) is 0 Å². The Kier molecular flexibility index (Phi) is 5.61. The molecule has 0 N–H and O–H groups in total. The second-order valence-electron chi connectivity index (χ2n) is 7.46. The molecule has 1 heterocycles. The van der Waals surface area contributed by atoms with E-state index in [1.54, 1.807) is 36.2 Å². The van der Waals surface area contributed by atoms with Gasteiger partial charge in [0.25, 0.3) is 11.8 Å². The first kappa shape index (κ1) is 21.2. The van der Waals surface area contributed by atoms with Crippen LogP contribution in [0.5, 0.6) is 0 Å².